The molecule has 0 saturated carbocycles. The standard InChI is InChI=1S/C23H24N2O4S/c1-16-8-14-20(15-9-16)30(27,28)25-22-7-5-4-6-21(22)23(26)24-17(2)18-10-12-19(29-3)13-11-18/h4-15,17,25H,1-3H3,(H,24,26)/t17-/m1/s1. The quantitative estimate of drug-likeness (QED) is 0.592. The second kappa shape index (κ2) is 9.00. The van der Waals surface area contributed by atoms with Crippen molar-refractivity contribution in [3.8, 4) is 5.75 Å². The van der Waals surface area contributed by atoms with Crippen LogP contribution in [0.25, 0.3) is 0 Å². The number of nitrogens with one attached hydrogen (secondary N) is 2. The Morgan fingerprint density at radius 2 is 1.57 bits per heavy atom. The molecule has 0 radical (unpaired) electrons. The Hall–Kier alpha value is -3.32. The lowest BCUT2D eigenvalue weighted by atomic mass is 10.1. The normalized spacial score (nSPS) is 12.1. The van der Waals surface area contributed by atoms with Crippen LogP contribution in [0.15, 0.2) is 77.7 Å². The van der Waals surface area contributed by atoms with Crippen LogP contribution in [-0.2, 0) is 10.0 Å². The number of rotatable bonds is 7. The van der Waals surface area contributed by atoms with E-state index in [1.807, 2.05) is 38.1 Å². The topological polar surface area (TPSA) is 84.5 Å². The van der Waals surface area contributed by atoms with Gasteiger partial charge in [0.15, 0.2) is 0 Å². The first-order valence-corrected chi connectivity index (χ1v) is 10.9. The van der Waals surface area contributed by atoms with Gasteiger partial charge < -0.3 is 10.1 Å². The van der Waals surface area contributed by atoms with Gasteiger partial charge in [0.1, 0.15) is 5.75 Å². The molecule has 0 unspecified atom stereocenters. The fraction of sp³-hybridized carbons (Fsp3) is 0.174. The van der Waals surface area contributed by atoms with E-state index >= 15 is 0 Å². The van der Waals surface area contributed by atoms with Crippen molar-refractivity contribution >= 4 is 21.6 Å². The zero-order valence-electron chi connectivity index (χ0n) is 17.0. The molecular formula is C23H24N2O4S. The van der Waals surface area contributed by atoms with Gasteiger partial charge in [-0.3, -0.25) is 9.52 Å². The summed E-state index contributed by atoms with van der Waals surface area (Å²) in [7, 11) is -2.23. The number of amides is 1. The summed E-state index contributed by atoms with van der Waals surface area (Å²) < 4.78 is 33.2. The van der Waals surface area contributed by atoms with Gasteiger partial charge in [-0.05, 0) is 55.8 Å². The maximum atomic E-state index is 12.9. The lowest BCUT2D eigenvalue weighted by molar-refractivity contribution is 0.0941. The molecule has 0 aliphatic carbocycles. The van der Waals surface area contributed by atoms with Crippen LogP contribution in [0.5, 0.6) is 5.75 Å². The van der Waals surface area contributed by atoms with Crippen LogP contribution in [0.4, 0.5) is 5.69 Å². The zero-order valence-corrected chi connectivity index (χ0v) is 17.9. The van der Waals surface area contributed by atoms with Gasteiger partial charge in [0.05, 0.1) is 29.3 Å². The van der Waals surface area contributed by atoms with Crippen LogP contribution < -0.4 is 14.8 Å². The second-order valence-electron chi connectivity index (χ2n) is 6.93. The van der Waals surface area contributed by atoms with Crippen molar-refractivity contribution in [1.29, 1.82) is 0 Å². The van der Waals surface area contributed by atoms with Gasteiger partial charge in [-0.1, -0.05) is 42.0 Å². The minimum absolute atomic E-state index is 0.134. The molecule has 3 rings (SSSR count). The molecule has 156 valence electrons. The number of methoxy groups -OCH3 is 1. The average Bonchev–Trinajstić information content (AvgIpc) is 2.74. The fourth-order valence-corrected chi connectivity index (χ4v) is 4.02. The number of carbonyl (C=O) groups excluding carboxylic acids is 1. The highest BCUT2D eigenvalue weighted by atomic mass is 32.2. The Balaban J connectivity index is 1.80. The Labute approximate surface area is 177 Å². The highest BCUT2D eigenvalue weighted by Crippen LogP contribution is 2.22. The van der Waals surface area contributed by atoms with Crippen LogP contribution in [0, 0.1) is 6.92 Å². The molecule has 3 aromatic rings. The minimum atomic E-state index is -3.82. The first-order valence-electron chi connectivity index (χ1n) is 9.43. The summed E-state index contributed by atoms with van der Waals surface area (Å²) in [6.45, 7) is 3.74. The van der Waals surface area contributed by atoms with Crippen molar-refractivity contribution in [2.75, 3.05) is 11.8 Å². The number of hydrogen-bond donors (Lipinski definition) is 2. The number of ether oxygens (including phenoxy) is 1. The third-order valence-corrected chi connectivity index (χ3v) is 6.09. The Morgan fingerprint density at radius 3 is 2.20 bits per heavy atom. The molecule has 3 aromatic carbocycles. The molecular weight excluding hydrogens is 400 g/mol. The largest absolute Gasteiger partial charge is 0.497 e. The van der Waals surface area contributed by atoms with E-state index in [-0.39, 0.29) is 28.1 Å². The molecule has 0 aliphatic rings. The third-order valence-electron chi connectivity index (χ3n) is 4.71. The van der Waals surface area contributed by atoms with Gasteiger partial charge in [-0.15, -0.1) is 0 Å². The smallest absolute Gasteiger partial charge is 0.261 e. The molecule has 0 bridgehead atoms. The van der Waals surface area contributed by atoms with Crippen LogP contribution in [0.1, 0.15) is 34.5 Å². The van der Waals surface area contributed by atoms with Gasteiger partial charge >= 0.3 is 0 Å². The van der Waals surface area contributed by atoms with Gasteiger partial charge in [0.25, 0.3) is 15.9 Å². The van der Waals surface area contributed by atoms with Crippen LogP contribution >= 0.6 is 0 Å². The van der Waals surface area contributed by atoms with E-state index in [4.69, 9.17) is 4.74 Å². The molecule has 0 heterocycles. The molecule has 1 atom stereocenters. The molecule has 0 saturated heterocycles. The van der Waals surface area contributed by atoms with Gasteiger partial charge in [0.2, 0.25) is 0 Å². The summed E-state index contributed by atoms with van der Waals surface area (Å²) >= 11 is 0. The van der Waals surface area contributed by atoms with Crippen molar-refractivity contribution in [2.24, 2.45) is 0 Å². The Morgan fingerprint density at radius 1 is 0.933 bits per heavy atom. The molecule has 6 nitrogen and oxygen atoms in total. The number of aryl methyl sites for hydroxylation is 1. The van der Waals surface area contributed by atoms with Crippen LogP contribution in [0.2, 0.25) is 0 Å². The molecule has 0 fully saturated rings. The zero-order chi connectivity index (χ0) is 21.7. The lowest BCUT2D eigenvalue weighted by Crippen LogP contribution is -2.28. The van der Waals surface area contributed by atoms with E-state index in [1.165, 1.54) is 12.1 Å². The monoisotopic (exact) mass is 424 g/mol. The SMILES string of the molecule is COc1ccc([C@@H](C)NC(=O)c2ccccc2NS(=O)(=O)c2ccc(C)cc2)cc1. The highest BCUT2D eigenvalue weighted by molar-refractivity contribution is 7.92. The average molecular weight is 425 g/mol. The number of anilines is 1. The summed E-state index contributed by atoms with van der Waals surface area (Å²) in [5, 5.41) is 2.91. The summed E-state index contributed by atoms with van der Waals surface area (Å²) in [6, 6.07) is 20.2. The van der Waals surface area contributed by atoms with E-state index < -0.39 is 10.0 Å². The highest BCUT2D eigenvalue weighted by Gasteiger charge is 2.19. The second-order valence-corrected chi connectivity index (χ2v) is 8.61. The molecule has 7 heteroatoms. The van der Waals surface area contributed by atoms with Gasteiger partial charge in [-0.25, -0.2) is 8.42 Å². The first kappa shape index (κ1) is 21.4. The van der Waals surface area contributed by atoms with E-state index in [2.05, 4.69) is 10.0 Å². The van der Waals surface area contributed by atoms with E-state index in [9.17, 15) is 13.2 Å². The van der Waals surface area contributed by atoms with E-state index in [0.717, 1.165) is 16.9 Å². The van der Waals surface area contributed by atoms with Crippen LogP contribution in [0.3, 0.4) is 0 Å². The minimum Gasteiger partial charge on any atom is -0.497 e. The van der Waals surface area contributed by atoms with Crippen molar-refractivity contribution in [1.82, 2.24) is 5.32 Å². The van der Waals surface area contributed by atoms with E-state index in [1.54, 1.807) is 43.5 Å². The fourth-order valence-electron chi connectivity index (χ4n) is 2.94. The summed E-state index contributed by atoms with van der Waals surface area (Å²) in [6.07, 6.45) is 0. The molecule has 1 amide bonds. The maximum absolute atomic E-state index is 12.9. The number of sulfonamides is 1. The van der Waals surface area contributed by atoms with Crippen molar-refractivity contribution in [2.45, 2.75) is 24.8 Å². The third kappa shape index (κ3) is 4.99. The summed E-state index contributed by atoms with van der Waals surface area (Å²) in [5.41, 5.74) is 2.33. The van der Waals surface area contributed by atoms with E-state index in [0.29, 0.717) is 0 Å². The molecule has 2 N–H and O–H groups in total. The van der Waals surface area contributed by atoms with Gasteiger partial charge in [-0.2, -0.15) is 0 Å². The predicted octanol–water partition coefficient (Wildman–Crippen LogP) is 4.30. The molecule has 0 aromatic heterocycles. The lowest BCUT2D eigenvalue weighted by Gasteiger charge is -2.17. The summed E-state index contributed by atoms with van der Waals surface area (Å²) in [5.74, 6) is 0.355. The number of benzene rings is 3. The molecule has 30 heavy (non-hydrogen) atoms. The number of carbonyl (C=O) groups is 1. The maximum Gasteiger partial charge on any atom is 0.261 e. The first-order chi connectivity index (χ1) is 14.3. The number of para-hydroxylation sites is 1. The molecule has 0 aliphatic heterocycles. The van der Waals surface area contributed by atoms with Gasteiger partial charge in [0, 0.05) is 0 Å². The summed E-state index contributed by atoms with van der Waals surface area (Å²) in [4.78, 5) is 13.0. The van der Waals surface area contributed by atoms with Crippen LogP contribution in [-0.4, -0.2) is 21.4 Å². The Bertz CT molecular complexity index is 1120. The van der Waals surface area contributed by atoms with Crippen molar-refractivity contribution < 1.29 is 17.9 Å². The van der Waals surface area contributed by atoms with Crippen molar-refractivity contribution in [3.05, 3.63) is 89.5 Å². The van der Waals surface area contributed by atoms with Crippen molar-refractivity contribution in [3.63, 3.8) is 0 Å². The number of hydrogen-bond acceptors (Lipinski definition) is 4. The Kier molecular flexibility index (Phi) is 6.42. The molecule has 0 spiro atoms. The predicted molar refractivity (Wildman–Crippen MR) is 117 cm³/mol.